The molecule has 4 N–H and O–H groups in total. The van der Waals surface area contributed by atoms with Gasteiger partial charge in [0.25, 0.3) is 0 Å². The molecule has 0 aliphatic rings. The van der Waals surface area contributed by atoms with Crippen molar-refractivity contribution in [3.05, 3.63) is 24.0 Å². The maximum absolute atomic E-state index is 10.5. The van der Waals surface area contributed by atoms with Gasteiger partial charge in [0.15, 0.2) is 0 Å². The summed E-state index contributed by atoms with van der Waals surface area (Å²) < 4.78 is 1.92. The van der Waals surface area contributed by atoms with Gasteiger partial charge in [-0.1, -0.05) is 0 Å². The second-order valence-corrected chi connectivity index (χ2v) is 3.19. The molecule has 0 aromatic carbocycles. The van der Waals surface area contributed by atoms with Crippen LogP contribution in [-0.4, -0.2) is 10.5 Å². The summed E-state index contributed by atoms with van der Waals surface area (Å²) in [6.07, 6.45) is 4.21. The first-order chi connectivity index (χ1) is 6.09. The summed E-state index contributed by atoms with van der Waals surface area (Å²) in [6, 6.07) is 1.99. The highest BCUT2D eigenvalue weighted by Crippen LogP contribution is 2.09. The Balaban J connectivity index is 2.54. The maximum Gasteiger partial charge on any atom is 0.219 e. The van der Waals surface area contributed by atoms with Crippen LogP contribution < -0.4 is 11.5 Å². The van der Waals surface area contributed by atoms with Gasteiger partial charge in [-0.2, -0.15) is 0 Å². The number of aryl methyl sites for hydroxylation is 1. The first-order valence-electron chi connectivity index (χ1n) is 4.29. The average molecular weight is 181 g/mol. The predicted molar refractivity (Wildman–Crippen MR) is 50.8 cm³/mol. The average Bonchev–Trinajstić information content (AvgIpc) is 2.48. The lowest BCUT2D eigenvalue weighted by molar-refractivity contribution is -0.118. The van der Waals surface area contributed by atoms with Gasteiger partial charge in [-0.25, -0.2) is 0 Å². The van der Waals surface area contributed by atoms with E-state index in [1.807, 2.05) is 30.0 Å². The zero-order valence-corrected chi connectivity index (χ0v) is 7.73. The van der Waals surface area contributed by atoms with Gasteiger partial charge >= 0.3 is 0 Å². The Morgan fingerprint density at radius 3 is 2.85 bits per heavy atom. The molecule has 0 bridgehead atoms. The van der Waals surface area contributed by atoms with Crippen LogP contribution in [0.2, 0.25) is 0 Å². The summed E-state index contributed by atoms with van der Waals surface area (Å²) in [5.74, 6) is -0.281. The lowest BCUT2D eigenvalue weighted by Crippen LogP contribution is -2.13. The van der Waals surface area contributed by atoms with Crippen LogP contribution in [0.3, 0.4) is 0 Å². The number of carbonyl (C=O) groups excluding carboxylic acids is 1. The molecular weight excluding hydrogens is 166 g/mol. The van der Waals surface area contributed by atoms with Crippen LogP contribution in [0.1, 0.15) is 24.9 Å². The fourth-order valence-electron chi connectivity index (χ4n) is 1.11. The fraction of sp³-hybridized carbons (Fsp3) is 0.444. The number of amides is 1. The number of hydrogen-bond donors (Lipinski definition) is 2. The van der Waals surface area contributed by atoms with Crippen molar-refractivity contribution < 1.29 is 4.79 Å². The SMILES string of the molecule is CC(N)c1ccn(CCC(N)=O)c1. The third-order valence-corrected chi connectivity index (χ3v) is 1.92. The molecular formula is C9H15N3O. The molecule has 1 aromatic heterocycles. The van der Waals surface area contributed by atoms with Crippen LogP contribution in [0, 0.1) is 0 Å². The van der Waals surface area contributed by atoms with Crippen LogP contribution in [-0.2, 0) is 11.3 Å². The molecule has 4 nitrogen and oxygen atoms in total. The molecule has 1 amide bonds. The van der Waals surface area contributed by atoms with E-state index in [4.69, 9.17) is 11.5 Å². The molecule has 13 heavy (non-hydrogen) atoms. The highest BCUT2D eigenvalue weighted by Gasteiger charge is 2.01. The second-order valence-electron chi connectivity index (χ2n) is 3.19. The number of aromatic nitrogens is 1. The molecule has 0 fully saturated rings. The van der Waals surface area contributed by atoms with Crippen molar-refractivity contribution in [1.29, 1.82) is 0 Å². The molecule has 1 unspecified atom stereocenters. The van der Waals surface area contributed by atoms with Crippen molar-refractivity contribution in [1.82, 2.24) is 4.57 Å². The van der Waals surface area contributed by atoms with Crippen molar-refractivity contribution in [3.63, 3.8) is 0 Å². The number of carbonyl (C=O) groups is 1. The minimum atomic E-state index is -0.281. The lowest BCUT2D eigenvalue weighted by atomic mass is 10.2. The molecule has 0 saturated heterocycles. The topological polar surface area (TPSA) is 74.0 Å². The maximum atomic E-state index is 10.5. The molecule has 0 spiro atoms. The third kappa shape index (κ3) is 2.91. The fourth-order valence-corrected chi connectivity index (χ4v) is 1.11. The number of hydrogen-bond acceptors (Lipinski definition) is 2. The van der Waals surface area contributed by atoms with E-state index in [2.05, 4.69) is 0 Å². The summed E-state index contributed by atoms with van der Waals surface area (Å²) in [5, 5.41) is 0. The largest absolute Gasteiger partial charge is 0.370 e. The quantitative estimate of drug-likeness (QED) is 0.704. The van der Waals surface area contributed by atoms with Gasteiger partial charge in [-0.15, -0.1) is 0 Å². The van der Waals surface area contributed by atoms with E-state index in [-0.39, 0.29) is 11.9 Å². The summed E-state index contributed by atoms with van der Waals surface area (Å²) in [7, 11) is 0. The normalized spacial score (nSPS) is 12.8. The molecule has 1 atom stereocenters. The second kappa shape index (κ2) is 4.09. The Labute approximate surface area is 77.5 Å². The van der Waals surface area contributed by atoms with Crippen LogP contribution in [0.4, 0.5) is 0 Å². The predicted octanol–water partition coefficient (Wildman–Crippen LogP) is 0.383. The smallest absolute Gasteiger partial charge is 0.219 e. The summed E-state index contributed by atoms with van der Waals surface area (Å²) in [6.45, 7) is 2.55. The Morgan fingerprint density at radius 1 is 1.69 bits per heavy atom. The molecule has 0 aliphatic carbocycles. The minimum absolute atomic E-state index is 0.0369. The first kappa shape index (κ1) is 9.80. The molecule has 4 heteroatoms. The lowest BCUT2D eigenvalue weighted by Gasteiger charge is -2.01. The third-order valence-electron chi connectivity index (χ3n) is 1.92. The van der Waals surface area contributed by atoms with E-state index >= 15 is 0 Å². The van der Waals surface area contributed by atoms with Gasteiger partial charge in [0.05, 0.1) is 0 Å². The molecule has 0 aliphatic heterocycles. The minimum Gasteiger partial charge on any atom is -0.370 e. The Kier molecular flexibility index (Phi) is 3.08. The number of nitrogens with zero attached hydrogens (tertiary/aromatic N) is 1. The van der Waals surface area contributed by atoms with E-state index in [1.165, 1.54) is 0 Å². The van der Waals surface area contributed by atoms with E-state index < -0.39 is 0 Å². The van der Waals surface area contributed by atoms with E-state index in [1.54, 1.807) is 0 Å². The summed E-state index contributed by atoms with van der Waals surface area (Å²) in [5.41, 5.74) is 11.8. The van der Waals surface area contributed by atoms with Crippen LogP contribution in [0.15, 0.2) is 18.5 Å². The molecule has 0 radical (unpaired) electrons. The molecule has 72 valence electrons. The molecule has 1 aromatic rings. The van der Waals surface area contributed by atoms with Crippen molar-refractivity contribution in [2.75, 3.05) is 0 Å². The Bertz CT molecular complexity index is 291. The van der Waals surface area contributed by atoms with Gasteiger partial charge in [0, 0.05) is 31.4 Å². The zero-order chi connectivity index (χ0) is 9.84. The first-order valence-corrected chi connectivity index (χ1v) is 4.29. The van der Waals surface area contributed by atoms with Crippen LogP contribution >= 0.6 is 0 Å². The highest BCUT2D eigenvalue weighted by molar-refractivity contribution is 5.73. The molecule has 1 rings (SSSR count). The highest BCUT2D eigenvalue weighted by atomic mass is 16.1. The number of primary amides is 1. The van der Waals surface area contributed by atoms with Crippen molar-refractivity contribution in [3.8, 4) is 0 Å². The van der Waals surface area contributed by atoms with E-state index in [0.717, 1.165) is 5.56 Å². The summed E-state index contributed by atoms with van der Waals surface area (Å²) in [4.78, 5) is 10.5. The van der Waals surface area contributed by atoms with Gasteiger partial charge in [-0.3, -0.25) is 4.79 Å². The Hall–Kier alpha value is -1.29. The van der Waals surface area contributed by atoms with Crippen molar-refractivity contribution in [2.24, 2.45) is 11.5 Å². The van der Waals surface area contributed by atoms with Crippen LogP contribution in [0.25, 0.3) is 0 Å². The van der Waals surface area contributed by atoms with Gasteiger partial charge in [0.2, 0.25) is 5.91 Å². The molecule has 1 heterocycles. The molecule has 0 saturated carbocycles. The zero-order valence-electron chi connectivity index (χ0n) is 7.73. The standard InChI is InChI=1S/C9H15N3O/c1-7(10)8-2-4-12(6-8)5-3-9(11)13/h2,4,6-7H,3,5,10H2,1H3,(H2,11,13). The van der Waals surface area contributed by atoms with Crippen molar-refractivity contribution in [2.45, 2.75) is 25.9 Å². The number of rotatable bonds is 4. The van der Waals surface area contributed by atoms with Crippen molar-refractivity contribution >= 4 is 5.91 Å². The van der Waals surface area contributed by atoms with Crippen LogP contribution in [0.5, 0.6) is 0 Å². The number of nitrogens with two attached hydrogens (primary N) is 2. The van der Waals surface area contributed by atoms with E-state index in [9.17, 15) is 4.79 Å². The van der Waals surface area contributed by atoms with Gasteiger partial charge in [-0.05, 0) is 18.6 Å². The summed E-state index contributed by atoms with van der Waals surface area (Å²) >= 11 is 0. The van der Waals surface area contributed by atoms with Gasteiger partial charge < -0.3 is 16.0 Å². The van der Waals surface area contributed by atoms with Gasteiger partial charge in [0.1, 0.15) is 0 Å². The van der Waals surface area contributed by atoms with E-state index in [0.29, 0.717) is 13.0 Å². The monoisotopic (exact) mass is 181 g/mol. The Morgan fingerprint density at radius 2 is 2.38 bits per heavy atom.